The number of halogens is 1. The molecular weight excluding hydrogens is 389 g/mol. The highest BCUT2D eigenvalue weighted by atomic mass is 32.1. The van der Waals surface area contributed by atoms with Crippen molar-refractivity contribution in [3.8, 4) is 11.3 Å². The third-order valence-corrected chi connectivity index (χ3v) is 6.05. The molecule has 29 heavy (non-hydrogen) atoms. The molecule has 0 radical (unpaired) electrons. The van der Waals surface area contributed by atoms with Gasteiger partial charge in [-0.05, 0) is 54.8 Å². The maximum Gasteiger partial charge on any atom is 0.346 e. The molecule has 5 rings (SSSR count). The van der Waals surface area contributed by atoms with Gasteiger partial charge >= 0.3 is 5.97 Å². The molecule has 0 bridgehead atoms. The van der Waals surface area contributed by atoms with Gasteiger partial charge in [0, 0.05) is 17.8 Å². The summed E-state index contributed by atoms with van der Waals surface area (Å²) < 4.78 is 13.5. The Kier molecular flexibility index (Phi) is 4.24. The SMILES string of the molecule is O=C(O)c1cc2nc(-c3ccc(F)cc3)c(N3CCCc4ccccc43)nc2s1. The van der Waals surface area contributed by atoms with Crippen LogP contribution in [0.3, 0.4) is 0 Å². The zero-order valence-electron chi connectivity index (χ0n) is 15.3. The van der Waals surface area contributed by atoms with Gasteiger partial charge in [-0.2, -0.15) is 0 Å². The van der Waals surface area contributed by atoms with E-state index >= 15 is 0 Å². The molecule has 5 nitrogen and oxygen atoms in total. The summed E-state index contributed by atoms with van der Waals surface area (Å²) in [6.07, 6.45) is 1.97. The van der Waals surface area contributed by atoms with E-state index in [1.165, 1.54) is 23.8 Å². The number of para-hydroxylation sites is 1. The van der Waals surface area contributed by atoms with Crippen LogP contribution in [-0.4, -0.2) is 27.6 Å². The molecule has 0 saturated carbocycles. The summed E-state index contributed by atoms with van der Waals surface area (Å²) in [5, 5.41) is 9.35. The number of fused-ring (bicyclic) bond motifs is 2. The number of aromatic nitrogens is 2. The highest BCUT2D eigenvalue weighted by molar-refractivity contribution is 7.20. The predicted octanol–water partition coefficient (Wildman–Crippen LogP) is 5.28. The number of rotatable bonds is 3. The predicted molar refractivity (Wildman–Crippen MR) is 112 cm³/mol. The third-order valence-electron chi connectivity index (χ3n) is 5.04. The minimum Gasteiger partial charge on any atom is -0.477 e. The highest BCUT2D eigenvalue weighted by Gasteiger charge is 2.24. The van der Waals surface area contributed by atoms with Gasteiger partial charge < -0.3 is 10.0 Å². The Bertz CT molecular complexity index is 1240. The van der Waals surface area contributed by atoms with Crippen molar-refractivity contribution in [2.75, 3.05) is 11.4 Å². The smallest absolute Gasteiger partial charge is 0.346 e. The number of hydrogen-bond acceptors (Lipinski definition) is 5. The van der Waals surface area contributed by atoms with Crippen LogP contribution in [0.2, 0.25) is 0 Å². The summed E-state index contributed by atoms with van der Waals surface area (Å²) in [5.74, 6) is -0.658. The van der Waals surface area contributed by atoms with Crippen LogP contribution in [0.25, 0.3) is 21.6 Å². The summed E-state index contributed by atoms with van der Waals surface area (Å²) in [7, 11) is 0. The van der Waals surface area contributed by atoms with Crippen LogP contribution in [0.5, 0.6) is 0 Å². The molecule has 2 aromatic carbocycles. The van der Waals surface area contributed by atoms with Crippen LogP contribution in [-0.2, 0) is 6.42 Å². The summed E-state index contributed by atoms with van der Waals surface area (Å²) in [6, 6.07) is 15.9. The molecule has 7 heteroatoms. The van der Waals surface area contributed by atoms with Crippen LogP contribution in [0.15, 0.2) is 54.6 Å². The second-order valence-electron chi connectivity index (χ2n) is 6.89. The van der Waals surface area contributed by atoms with Gasteiger partial charge in [0.1, 0.15) is 26.7 Å². The molecule has 144 valence electrons. The fourth-order valence-corrected chi connectivity index (χ4v) is 4.51. The Hall–Kier alpha value is -3.32. The average Bonchev–Trinajstić information content (AvgIpc) is 3.16. The normalized spacial score (nSPS) is 13.5. The summed E-state index contributed by atoms with van der Waals surface area (Å²) in [5.41, 5.74) is 4.19. The zero-order chi connectivity index (χ0) is 20.0. The van der Waals surface area contributed by atoms with Gasteiger partial charge in [0.2, 0.25) is 0 Å². The van der Waals surface area contributed by atoms with Gasteiger partial charge in [0.15, 0.2) is 5.82 Å². The van der Waals surface area contributed by atoms with Crippen molar-refractivity contribution in [3.05, 3.63) is 70.9 Å². The molecule has 0 fully saturated rings. The molecule has 1 N–H and O–H groups in total. The molecule has 1 aliphatic rings. The lowest BCUT2D eigenvalue weighted by atomic mass is 10.0. The first-order valence-corrected chi connectivity index (χ1v) is 10.1. The van der Waals surface area contributed by atoms with Crippen molar-refractivity contribution in [2.24, 2.45) is 0 Å². The lowest BCUT2D eigenvalue weighted by Crippen LogP contribution is -2.26. The van der Waals surface area contributed by atoms with Crippen molar-refractivity contribution in [2.45, 2.75) is 12.8 Å². The molecule has 4 aromatic rings. The maximum atomic E-state index is 13.5. The van der Waals surface area contributed by atoms with Crippen molar-refractivity contribution < 1.29 is 14.3 Å². The number of hydrogen-bond donors (Lipinski definition) is 1. The number of thiophene rings is 1. The first-order chi connectivity index (χ1) is 14.1. The lowest BCUT2D eigenvalue weighted by molar-refractivity contribution is 0.0702. The first kappa shape index (κ1) is 17.8. The number of benzene rings is 2. The number of carboxylic acid groups (broad SMARTS) is 1. The van der Waals surface area contributed by atoms with E-state index in [1.54, 1.807) is 12.1 Å². The topological polar surface area (TPSA) is 66.3 Å². The van der Waals surface area contributed by atoms with Crippen molar-refractivity contribution >= 4 is 39.2 Å². The molecule has 2 aromatic heterocycles. The fraction of sp³-hybridized carbons (Fsp3) is 0.136. The number of carboxylic acids is 1. The van der Waals surface area contributed by atoms with Crippen molar-refractivity contribution in [3.63, 3.8) is 0 Å². The van der Waals surface area contributed by atoms with Gasteiger partial charge in [-0.3, -0.25) is 0 Å². The lowest BCUT2D eigenvalue weighted by Gasteiger charge is -2.31. The Morgan fingerprint density at radius 1 is 1.10 bits per heavy atom. The highest BCUT2D eigenvalue weighted by Crippen LogP contribution is 2.39. The van der Waals surface area contributed by atoms with Crippen LogP contribution < -0.4 is 4.90 Å². The summed E-state index contributed by atoms with van der Waals surface area (Å²) >= 11 is 1.11. The minimum atomic E-state index is -0.997. The largest absolute Gasteiger partial charge is 0.477 e. The van der Waals surface area contributed by atoms with Gasteiger partial charge in [0.05, 0.1) is 0 Å². The molecule has 0 aliphatic carbocycles. The Morgan fingerprint density at radius 3 is 2.69 bits per heavy atom. The molecule has 0 amide bonds. The van der Waals surface area contributed by atoms with Gasteiger partial charge in [0.25, 0.3) is 0 Å². The molecule has 1 aliphatic heterocycles. The van der Waals surface area contributed by atoms with E-state index < -0.39 is 5.97 Å². The van der Waals surface area contributed by atoms with Crippen molar-refractivity contribution in [1.29, 1.82) is 0 Å². The minimum absolute atomic E-state index is 0.196. The fourth-order valence-electron chi connectivity index (χ4n) is 3.70. The quantitative estimate of drug-likeness (QED) is 0.502. The molecule has 0 atom stereocenters. The second-order valence-corrected chi connectivity index (χ2v) is 7.92. The summed E-state index contributed by atoms with van der Waals surface area (Å²) in [4.78, 5) is 23.9. The van der Waals surface area contributed by atoms with E-state index in [0.717, 1.165) is 42.0 Å². The first-order valence-electron chi connectivity index (χ1n) is 9.26. The van der Waals surface area contributed by atoms with E-state index in [2.05, 4.69) is 17.0 Å². The van der Waals surface area contributed by atoms with Crippen LogP contribution in [0, 0.1) is 5.82 Å². The third kappa shape index (κ3) is 3.13. The van der Waals surface area contributed by atoms with Gasteiger partial charge in [-0.1, -0.05) is 18.2 Å². The number of aromatic carboxylic acids is 1. The Balaban J connectivity index is 1.75. The molecule has 0 unspecified atom stereocenters. The van der Waals surface area contributed by atoms with E-state index in [9.17, 15) is 14.3 Å². The van der Waals surface area contributed by atoms with Gasteiger partial charge in [-0.15, -0.1) is 11.3 Å². The van der Waals surface area contributed by atoms with Gasteiger partial charge in [-0.25, -0.2) is 19.2 Å². The molecule has 0 saturated heterocycles. The Labute approximate surface area is 170 Å². The monoisotopic (exact) mass is 405 g/mol. The van der Waals surface area contributed by atoms with E-state index in [0.29, 0.717) is 21.9 Å². The number of aryl methyl sites for hydroxylation is 1. The maximum absolute atomic E-state index is 13.5. The second kappa shape index (κ2) is 6.93. The Morgan fingerprint density at radius 2 is 1.90 bits per heavy atom. The van der Waals surface area contributed by atoms with Crippen LogP contribution >= 0.6 is 11.3 Å². The number of carbonyl (C=O) groups is 1. The molecule has 3 heterocycles. The van der Waals surface area contributed by atoms with E-state index in [-0.39, 0.29) is 10.7 Å². The number of anilines is 2. The average molecular weight is 405 g/mol. The standard InChI is InChI=1S/C22H16FN3O2S/c23-15-9-7-14(8-10-15)19-20(25-21-16(24-19)12-18(29-21)22(27)28)26-11-3-5-13-4-1-2-6-17(13)26/h1-2,4,6-10,12H,3,5,11H2,(H,27,28). The summed E-state index contributed by atoms with van der Waals surface area (Å²) in [6.45, 7) is 0.780. The molecular formula is C22H16FN3O2S. The van der Waals surface area contributed by atoms with Crippen molar-refractivity contribution in [1.82, 2.24) is 9.97 Å². The zero-order valence-corrected chi connectivity index (χ0v) is 16.1. The van der Waals surface area contributed by atoms with E-state index in [1.807, 2.05) is 12.1 Å². The van der Waals surface area contributed by atoms with Crippen LogP contribution in [0.4, 0.5) is 15.9 Å². The van der Waals surface area contributed by atoms with Crippen LogP contribution in [0.1, 0.15) is 21.7 Å². The van der Waals surface area contributed by atoms with E-state index in [4.69, 9.17) is 9.97 Å². The number of nitrogens with zero attached hydrogens (tertiary/aromatic N) is 3. The molecule has 0 spiro atoms.